The van der Waals surface area contributed by atoms with Crippen molar-refractivity contribution in [2.24, 2.45) is 0 Å². The van der Waals surface area contributed by atoms with Gasteiger partial charge in [-0.2, -0.15) is 13.2 Å². The summed E-state index contributed by atoms with van der Waals surface area (Å²) < 4.78 is 44.3. The topological polar surface area (TPSA) is 42.4 Å². The fourth-order valence-electron chi connectivity index (χ4n) is 3.87. The average Bonchev–Trinajstić information content (AvgIpc) is 3.43. The Kier molecular flexibility index (Phi) is 6.00. The fourth-order valence-corrected chi connectivity index (χ4v) is 4.66. The second-order valence-electron chi connectivity index (χ2n) is 7.47. The number of hydrogen-bond donors (Lipinski definition) is 0. The maximum atomic E-state index is 13.1. The molecule has 1 aromatic heterocycles. The summed E-state index contributed by atoms with van der Waals surface area (Å²) in [6, 6.07) is 12.9. The molecule has 31 heavy (non-hydrogen) atoms. The highest BCUT2D eigenvalue weighted by Crippen LogP contribution is 2.33. The van der Waals surface area contributed by atoms with Crippen LogP contribution >= 0.6 is 11.3 Å². The number of halogens is 3. The standard InChI is InChI=1S/C23H21F3N2O2S/c1-30-19-9-2-5-15(12-19)11-18-8-4-10-28(18)22(29)20-14-31-21(27-20)16-6-3-7-17(13-16)23(24,25)26/h2-3,5-7,9,12-14,18H,4,8,10-11H2,1H3. The van der Waals surface area contributed by atoms with Crippen LogP contribution in [0.2, 0.25) is 0 Å². The van der Waals surface area contributed by atoms with Crippen LogP contribution in [0.25, 0.3) is 10.6 Å². The van der Waals surface area contributed by atoms with E-state index in [1.54, 1.807) is 18.6 Å². The number of alkyl halides is 3. The van der Waals surface area contributed by atoms with E-state index in [4.69, 9.17) is 4.74 Å². The van der Waals surface area contributed by atoms with E-state index in [1.165, 1.54) is 17.4 Å². The molecule has 0 bridgehead atoms. The van der Waals surface area contributed by atoms with Crippen LogP contribution in [0.3, 0.4) is 0 Å². The number of carbonyl (C=O) groups excluding carboxylic acids is 1. The molecule has 2 aromatic carbocycles. The zero-order valence-corrected chi connectivity index (χ0v) is 17.7. The van der Waals surface area contributed by atoms with Crippen LogP contribution in [0.1, 0.15) is 34.5 Å². The molecule has 0 aliphatic carbocycles. The Morgan fingerprint density at radius 1 is 1.23 bits per heavy atom. The molecule has 1 unspecified atom stereocenters. The van der Waals surface area contributed by atoms with Crippen LogP contribution in [-0.2, 0) is 12.6 Å². The molecule has 0 spiro atoms. The molecule has 1 fully saturated rings. The van der Waals surface area contributed by atoms with Gasteiger partial charge in [0.1, 0.15) is 16.5 Å². The molecule has 4 rings (SSSR count). The second-order valence-corrected chi connectivity index (χ2v) is 8.32. The number of benzene rings is 2. The smallest absolute Gasteiger partial charge is 0.416 e. The van der Waals surface area contributed by atoms with Gasteiger partial charge in [-0.1, -0.05) is 24.3 Å². The number of methoxy groups -OCH3 is 1. The Morgan fingerprint density at radius 2 is 2.03 bits per heavy atom. The molecule has 8 heteroatoms. The lowest BCUT2D eigenvalue weighted by Crippen LogP contribution is -2.37. The summed E-state index contributed by atoms with van der Waals surface area (Å²) in [5.41, 5.74) is 0.987. The number of likely N-dealkylation sites (tertiary alicyclic amines) is 1. The minimum absolute atomic E-state index is 0.0540. The van der Waals surface area contributed by atoms with Crippen molar-refractivity contribution in [2.75, 3.05) is 13.7 Å². The number of amides is 1. The number of aromatic nitrogens is 1. The summed E-state index contributed by atoms with van der Waals surface area (Å²) in [7, 11) is 1.62. The van der Waals surface area contributed by atoms with Gasteiger partial charge in [-0.25, -0.2) is 4.98 Å². The lowest BCUT2D eigenvalue weighted by Gasteiger charge is -2.24. The van der Waals surface area contributed by atoms with E-state index in [9.17, 15) is 18.0 Å². The molecular weight excluding hydrogens is 425 g/mol. The van der Waals surface area contributed by atoms with E-state index >= 15 is 0 Å². The predicted molar refractivity (Wildman–Crippen MR) is 113 cm³/mol. The van der Waals surface area contributed by atoms with Crippen molar-refractivity contribution in [1.82, 2.24) is 9.88 Å². The number of rotatable bonds is 5. The zero-order valence-electron chi connectivity index (χ0n) is 16.9. The van der Waals surface area contributed by atoms with E-state index in [1.807, 2.05) is 29.2 Å². The molecule has 162 valence electrons. The zero-order chi connectivity index (χ0) is 22.0. The van der Waals surface area contributed by atoms with Crippen molar-refractivity contribution in [3.8, 4) is 16.3 Å². The van der Waals surface area contributed by atoms with E-state index in [2.05, 4.69) is 4.98 Å². The molecule has 0 saturated carbocycles. The van der Waals surface area contributed by atoms with Gasteiger partial charge >= 0.3 is 6.18 Å². The first kappa shape index (κ1) is 21.4. The predicted octanol–water partition coefficient (Wildman–Crippen LogP) is 5.68. The molecule has 1 aliphatic heterocycles. The monoisotopic (exact) mass is 446 g/mol. The lowest BCUT2D eigenvalue weighted by atomic mass is 10.0. The molecule has 3 aromatic rings. The number of carbonyl (C=O) groups is 1. The number of hydrogen-bond acceptors (Lipinski definition) is 4. The highest BCUT2D eigenvalue weighted by atomic mass is 32.1. The van der Waals surface area contributed by atoms with E-state index < -0.39 is 11.7 Å². The Bertz CT molecular complexity index is 1080. The van der Waals surface area contributed by atoms with Crippen molar-refractivity contribution in [1.29, 1.82) is 0 Å². The molecule has 4 nitrogen and oxygen atoms in total. The van der Waals surface area contributed by atoms with Gasteiger partial charge in [0, 0.05) is 23.5 Å². The summed E-state index contributed by atoms with van der Waals surface area (Å²) in [4.78, 5) is 19.3. The van der Waals surface area contributed by atoms with Crippen molar-refractivity contribution in [3.05, 3.63) is 70.7 Å². The Hall–Kier alpha value is -2.87. The van der Waals surface area contributed by atoms with Crippen LogP contribution in [0.5, 0.6) is 5.75 Å². The molecule has 0 N–H and O–H groups in total. The molecule has 2 heterocycles. The molecule has 1 amide bonds. The molecule has 0 radical (unpaired) electrons. The maximum Gasteiger partial charge on any atom is 0.416 e. The SMILES string of the molecule is COc1cccc(CC2CCCN2C(=O)c2csc(-c3cccc(C(F)(F)F)c3)n2)c1. The normalized spacial score (nSPS) is 16.5. The van der Waals surface area contributed by atoms with Crippen molar-refractivity contribution in [3.63, 3.8) is 0 Å². The number of ether oxygens (including phenoxy) is 1. The summed E-state index contributed by atoms with van der Waals surface area (Å²) in [5, 5.41) is 2.02. The quantitative estimate of drug-likeness (QED) is 0.506. The van der Waals surface area contributed by atoms with Gasteiger partial charge in [0.05, 0.1) is 12.7 Å². The first-order valence-electron chi connectivity index (χ1n) is 9.92. The van der Waals surface area contributed by atoms with Gasteiger partial charge in [0.25, 0.3) is 5.91 Å². The van der Waals surface area contributed by atoms with Crippen LogP contribution in [0.4, 0.5) is 13.2 Å². The molecule has 1 aliphatic rings. The van der Waals surface area contributed by atoms with Gasteiger partial charge in [-0.15, -0.1) is 11.3 Å². The lowest BCUT2D eigenvalue weighted by molar-refractivity contribution is -0.137. The van der Waals surface area contributed by atoms with Crippen LogP contribution in [-0.4, -0.2) is 35.5 Å². The fraction of sp³-hybridized carbons (Fsp3) is 0.304. The van der Waals surface area contributed by atoms with Crippen molar-refractivity contribution >= 4 is 17.2 Å². The number of nitrogens with zero attached hydrogens (tertiary/aromatic N) is 2. The summed E-state index contributed by atoms with van der Waals surface area (Å²) in [5.74, 6) is 0.596. The Morgan fingerprint density at radius 3 is 2.81 bits per heavy atom. The van der Waals surface area contributed by atoms with Crippen LogP contribution in [0, 0.1) is 0 Å². The van der Waals surface area contributed by atoms with Gasteiger partial charge < -0.3 is 9.64 Å². The third-order valence-corrected chi connectivity index (χ3v) is 6.29. The largest absolute Gasteiger partial charge is 0.497 e. The number of thiazole rings is 1. The highest BCUT2D eigenvalue weighted by molar-refractivity contribution is 7.13. The van der Waals surface area contributed by atoms with E-state index in [0.717, 1.165) is 36.3 Å². The first-order chi connectivity index (χ1) is 14.8. The average molecular weight is 446 g/mol. The van der Waals surface area contributed by atoms with Gasteiger partial charge in [0.2, 0.25) is 0 Å². The summed E-state index contributed by atoms with van der Waals surface area (Å²) >= 11 is 1.18. The minimum Gasteiger partial charge on any atom is -0.497 e. The van der Waals surface area contributed by atoms with Gasteiger partial charge in [-0.3, -0.25) is 4.79 Å². The highest BCUT2D eigenvalue weighted by Gasteiger charge is 2.32. The minimum atomic E-state index is -4.42. The third kappa shape index (κ3) is 4.74. The van der Waals surface area contributed by atoms with Gasteiger partial charge in [-0.05, 0) is 49.1 Å². The third-order valence-electron chi connectivity index (χ3n) is 5.40. The molecule has 1 saturated heterocycles. The van der Waals surface area contributed by atoms with Crippen molar-refractivity contribution in [2.45, 2.75) is 31.5 Å². The summed E-state index contributed by atoms with van der Waals surface area (Å²) in [6.45, 7) is 0.643. The van der Waals surface area contributed by atoms with Crippen LogP contribution < -0.4 is 4.74 Å². The Balaban J connectivity index is 1.51. The van der Waals surface area contributed by atoms with Gasteiger partial charge in [0.15, 0.2) is 0 Å². The van der Waals surface area contributed by atoms with E-state index in [0.29, 0.717) is 23.5 Å². The second kappa shape index (κ2) is 8.70. The van der Waals surface area contributed by atoms with Crippen molar-refractivity contribution < 1.29 is 22.7 Å². The summed E-state index contributed by atoms with van der Waals surface area (Å²) in [6.07, 6.45) is -1.90. The van der Waals surface area contributed by atoms with Crippen LogP contribution in [0.15, 0.2) is 53.9 Å². The molecule has 1 atom stereocenters. The first-order valence-corrected chi connectivity index (χ1v) is 10.8. The Labute approximate surface area is 182 Å². The van der Waals surface area contributed by atoms with E-state index in [-0.39, 0.29) is 17.6 Å². The molecular formula is C23H21F3N2O2S. The maximum absolute atomic E-state index is 13.1.